The van der Waals surface area contributed by atoms with Crippen LogP contribution >= 0.6 is 0 Å². The Morgan fingerprint density at radius 1 is 1.06 bits per heavy atom. The minimum Gasteiger partial charge on any atom is -0.495 e. The quantitative estimate of drug-likeness (QED) is 0.634. The van der Waals surface area contributed by atoms with Crippen LogP contribution in [-0.2, 0) is 14.8 Å². The first-order valence-electron chi connectivity index (χ1n) is 10.9. The van der Waals surface area contributed by atoms with E-state index in [4.69, 9.17) is 9.47 Å². The molecule has 1 amide bonds. The number of rotatable bonds is 8. The number of benzene rings is 2. The highest BCUT2D eigenvalue weighted by atomic mass is 32.2. The van der Waals surface area contributed by atoms with Crippen LogP contribution in [0.1, 0.15) is 50.2 Å². The second-order valence-electron chi connectivity index (χ2n) is 8.36. The molecule has 1 heterocycles. The van der Waals surface area contributed by atoms with Crippen molar-refractivity contribution in [2.45, 2.75) is 50.8 Å². The number of carbonyl (C=O) groups excluding carboxylic acids is 1. The van der Waals surface area contributed by atoms with Crippen molar-refractivity contribution in [2.75, 3.05) is 32.1 Å². The fourth-order valence-corrected chi connectivity index (χ4v) is 5.32. The molecule has 0 saturated carbocycles. The fraction of sp³-hybridized carbons (Fsp3) is 0.458. The van der Waals surface area contributed by atoms with Gasteiger partial charge in [-0.3, -0.25) is 4.79 Å². The molecule has 0 radical (unpaired) electrons. The van der Waals surface area contributed by atoms with E-state index in [1.54, 1.807) is 6.07 Å². The molecule has 2 aromatic rings. The average molecular weight is 461 g/mol. The van der Waals surface area contributed by atoms with Crippen LogP contribution in [0, 0.1) is 6.92 Å². The molecule has 0 spiro atoms. The number of hydrogen-bond donors (Lipinski definition) is 1. The molecular formula is C24H32N2O5S. The summed E-state index contributed by atoms with van der Waals surface area (Å²) in [6.45, 7) is 6.93. The highest BCUT2D eigenvalue weighted by molar-refractivity contribution is 7.89. The van der Waals surface area contributed by atoms with Gasteiger partial charge in [0.2, 0.25) is 10.0 Å². The molecule has 7 nitrogen and oxygen atoms in total. The standard InChI is InChI=1S/C24H32N2O5S/c1-17(2)20-10-8-18(3)14-23(20)31-16-24(27)25-21-15-19(9-11-22(21)30-4)32(28,29)26-12-6-5-7-13-26/h8-11,14-15,17H,5-7,12-13,16H2,1-4H3,(H,25,27). The first kappa shape index (κ1) is 24.1. The predicted octanol–water partition coefficient (Wildman–Crippen LogP) is 4.32. The summed E-state index contributed by atoms with van der Waals surface area (Å²) < 4.78 is 38.7. The maximum atomic E-state index is 13.0. The molecule has 32 heavy (non-hydrogen) atoms. The van der Waals surface area contributed by atoms with E-state index in [1.165, 1.54) is 23.5 Å². The van der Waals surface area contributed by atoms with Gasteiger partial charge in [0.1, 0.15) is 11.5 Å². The van der Waals surface area contributed by atoms with Gasteiger partial charge in [0, 0.05) is 13.1 Å². The Balaban J connectivity index is 1.76. The van der Waals surface area contributed by atoms with Gasteiger partial charge >= 0.3 is 0 Å². The number of hydrogen-bond acceptors (Lipinski definition) is 5. The van der Waals surface area contributed by atoms with Gasteiger partial charge in [-0.1, -0.05) is 32.4 Å². The molecule has 1 fully saturated rings. The van der Waals surface area contributed by atoms with Gasteiger partial charge in [-0.05, 0) is 61.1 Å². The summed E-state index contributed by atoms with van der Waals surface area (Å²) in [5.41, 5.74) is 2.37. The molecule has 1 aliphatic rings. The Morgan fingerprint density at radius 2 is 1.78 bits per heavy atom. The largest absolute Gasteiger partial charge is 0.495 e. The van der Waals surface area contributed by atoms with E-state index < -0.39 is 15.9 Å². The second kappa shape index (κ2) is 10.4. The Bertz CT molecular complexity index is 1060. The minimum atomic E-state index is -3.63. The van der Waals surface area contributed by atoms with Crippen molar-refractivity contribution >= 4 is 21.6 Å². The van der Waals surface area contributed by atoms with Crippen LogP contribution in [0.25, 0.3) is 0 Å². The van der Waals surface area contributed by atoms with Crippen molar-refractivity contribution in [1.82, 2.24) is 4.31 Å². The molecular weight excluding hydrogens is 428 g/mol. The SMILES string of the molecule is COc1ccc(S(=O)(=O)N2CCCCC2)cc1NC(=O)COc1cc(C)ccc1C(C)C. The third-order valence-electron chi connectivity index (χ3n) is 5.55. The van der Waals surface area contributed by atoms with Gasteiger partial charge < -0.3 is 14.8 Å². The van der Waals surface area contributed by atoms with Crippen LogP contribution < -0.4 is 14.8 Å². The minimum absolute atomic E-state index is 0.136. The van der Waals surface area contributed by atoms with E-state index in [-0.39, 0.29) is 17.4 Å². The second-order valence-corrected chi connectivity index (χ2v) is 10.3. The molecule has 2 aromatic carbocycles. The van der Waals surface area contributed by atoms with Crippen LogP contribution in [0.15, 0.2) is 41.3 Å². The maximum absolute atomic E-state index is 13.0. The van der Waals surface area contributed by atoms with Crippen molar-refractivity contribution < 1.29 is 22.7 Å². The topological polar surface area (TPSA) is 84.9 Å². The lowest BCUT2D eigenvalue weighted by atomic mass is 10.0. The van der Waals surface area contributed by atoms with Crippen molar-refractivity contribution in [3.8, 4) is 11.5 Å². The summed E-state index contributed by atoms with van der Waals surface area (Å²) in [6.07, 6.45) is 2.75. The molecule has 8 heteroatoms. The van der Waals surface area contributed by atoms with Crippen LogP contribution in [0.4, 0.5) is 5.69 Å². The third kappa shape index (κ3) is 5.61. The molecule has 0 aromatic heterocycles. The number of methoxy groups -OCH3 is 1. The average Bonchev–Trinajstić information content (AvgIpc) is 2.78. The molecule has 3 rings (SSSR count). The first-order chi connectivity index (χ1) is 15.2. The highest BCUT2D eigenvalue weighted by Crippen LogP contribution is 2.31. The lowest BCUT2D eigenvalue weighted by Gasteiger charge is -2.26. The van der Waals surface area contributed by atoms with E-state index >= 15 is 0 Å². The van der Waals surface area contributed by atoms with Crippen LogP contribution in [-0.4, -0.2) is 45.4 Å². The fourth-order valence-electron chi connectivity index (χ4n) is 3.77. The summed E-state index contributed by atoms with van der Waals surface area (Å²) in [5, 5.41) is 2.74. The number of sulfonamides is 1. The van der Waals surface area contributed by atoms with Crippen LogP contribution in [0.2, 0.25) is 0 Å². The summed E-state index contributed by atoms with van der Waals surface area (Å²) in [6, 6.07) is 10.5. The van der Waals surface area contributed by atoms with Crippen LogP contribution in [0.3, 0.4) is 0 Å². The van der Waals surface area contributed by atoms with Gasteiger partial charge in [0.15, 0.2) is 6.61 Å². The molecule has 1 aliphatic heterocycles. The zero-order valence-electron chi connectivity index (χ0n) is 19.2. The number of piperidine rings is 1. The Labute approximate surface area is 190 Å². The number of aryl methyl sites for hydroxylation is 1. The Morgan fingerprint density at radius 3 is 2.44 bits per heavy atom. The maximum Gasteiger partial charge on any atom is 0.262 e. The summed E-state index contributed by atoms with van der Waals surface area (Å²) in [7, 11) is -2.15. The van der Waals surface area contributed by atoms with Gasteiger partial charge in [0.05, 0.1) is 17.7 Å². The van der Waals surface area contributed by atoms with E-state index in [9.17, 15) is 13.2 Å². The van der Waals surface area contributed by atoms with Gasteiger partial charge in [-0.15, -0.1) is 0 Å². The number of carbonyl (C=O) groups is 1. The summed E-state index contributed by atoms with van der Waals surface area (Å²) >= 11 is 0. The number of nitrogens with zero attached hydrogens (tertiary/aromatic N) is 1. The molecule has 0 bridgehead atoms. The number of ether oxygens (including phenoxy) is 2. The zero-order valence-corrected chi connectivity index (χ0v) is 20.0. The lowest BCUT2D eigenvalue weighted by molar-refractivity contribution is -0.118. The summed E-state index contributed by atoms with van der Waals surface area (Å²) in [4.78, 5) is 12.8. The van der Waals surface area contributed by atoms with E-state index in [0.717, 1.165) is 30.4 Å². The van der Waals surface area contributed by atoms with Gasteiger partial charge in [0.25, 0.3) is 5.91 Å². The van der Waals surface area contributed by atoms with Gasteiger partial charge in [-0.25, -0.2) is 8.42 Å². The molecule has 1 N–H and O–H groups in total. The molecule has 0 atom stereocenters. The molecule has 0 unspecified atom stereocenters. The Kier molecular flexibility index (Phi) is 7.79. The summed E-state index contributed by atoms with van der Waals surface area (Å²) in [5.74, 6) is 0.912. The van der Waals surface area contributed by atoms with Crippen LogP contribution in [0.5, 0.6) is 11.5 Å². The first-order valence-corrected chi connectivity index (χ1v) is 12.4. The number of nitrogens with one attached hydrogen (secondary N) is 1. The van der Waals surface area contributed by atoms with Crippen molar-refractivity contribution in [3.63, 3.8) is 0 Å². The lowest BCUT2D eigenvalue weighted by Crippen LogP contribution is -2.35. The molecule has 174 valence electrons. The van der Waals surface area contributed by atoms with E-state index in [0.29, 0.717) is 30.3 Å². The third-order valence-corrected chi connectivity index (χ3v) is 7.44. The van der Waals surface area contributed by atoms with Gasteiger partial charge in [-0.2, -0.15) is 4.31 Å². The van der Waals surface area contributed by atoms with Crippen molar-refractivity contribution in [3.05, 3.63) is 47.5 Å². The van der Waals surface area contributed by atoms with Crippen molar-refractivity contribution in [2.24, 2.45) is 0 Å². The molecule has 0 aliphatic carbocycles. The Hall–Kier alpha value is -2.58. The van der Waals surface area contributed by atoms with E-state index in [2.05, 4.69) is 19.2 Å². The zero-order chi connectivity index (χ0) is 23.3. The van der Waals surface area contributed by atoms with E-state index in [1.807, 2.05) is 25.1 Å². The normalized spacial score (nSPS) is 14.9. The monoisotopic (exact) mass is 460 g/mol. The van der Waals surface area contributed by atoms with Crippen molar-refractivity contribution in [1.29, 1.82) is 0 Å². The molecule has 1 saturated heterocycles. The smallest absolute Gasteiger partial charge is 0.262 e. The predicted molar refractivity (Wildman–Crippen MR) is 125 cm³/mol. The number of anilines is 1. The number of amides is 1. The highest BCUT2D eigenvalue weighted by Gasteiger charge is 2.27.